The predicted octanol–water partition coefficient (Wildman–Crippen LogP) is 12.6. The Morgan fingerprint density at radius 3 is 2.02 bits per heavy atom. The van der Waals surface area contributed by atoms with Crippen molar-refractivity contribution >= 4 is 5.71 Å². The number of allylic oxidation sites excluding steroid dienone is 6. The lowest BCUT2D eigenvalue weighted by atomic mass is 9.84. The lowest BCUT2D eigenvalue weighted by molar-refractivity contribution is 0.436. The molecule has 1 aromatic rings. The third-order valence-electron chi connectivity index (χ3n) is 8.23. The molecule has 2 aliphatic carbocycles. The topological polar surface area (TPSA) is 12.4 Å². The molecule has 0 aliphatic heterocycles. The van der Waals surface area contributed by atoms with Crippen LogP contribution >= 0.6 is 0 Å². The minimum Gasteiger partial charge on any atom is -0.284 e. The van der Waals surface area contributed by atoms with Crippen molar-refractivity contribution in [1.82, 2.24) is 0 Å². The molecular formula is C39H63N. The van der Waals surface area contributed by atoms with Crippen LogP contribution in [0.4, 0.5) is 0 Å². The molecule has 0 N–H and O–H groups in total. The summed E-state index contributed by atoms with van der Waals surface area (Å²) in [5.74, 6) is 3.04. The molecule has 3 atom stereocenters. The smallest absolute Gasteiger partial charge is 0.0637 e. The van der Waals surface area contributed by atoms with Gasteiger partial charge in [-0.1, -0.05) is 141 Å². The molecule has 2 aliphatic rings. The minimum atomic E-state index is 0.681. The molecule has 0 radical (unpaired) electrons. The number of unbranched alkanes of at least 4 members (excludes halogenated alkanes) is 3. The van der Waals surface area contributed by atoms with Gasteiger partial charge in [0.2, 0.25) is 0 Å². The van der Waals surface area contributed by atoms with Gasteiger partial charge in [-0.15, -0.1) is 6.58 Å². The molecule has 3 unspecified atom stereocenters. The average molecular weight is 546 g/mol. The first-order valence-corrected chi connectivity index (χ1v) is 16.5. The van der Waals surface area contributed by atoms with Crippen LogP contribution in [0.25, 0.3) is 0 Å². The van der Waals surface area contributed by atoms with Crippen molar-refractivity contribution in [2.45, 2.75) is 137 Å². The Bertz CT molecular complexity index is 909. The molecule has 0 bridgehead atoms. The highest BCUT2D eigenvalue weighted by Crippen LogP contribution is 2.30. The monoisotopic (exact) mass is 545 g/mol. The predicted molar refractivity (Wildman–Crippen MR) is 183 cm³/mol. The Hall–Kier alpha value is -2.15. The molecule has 1 heteroatoms. The second kappa shape index (κ2) is 21.6. The molecule has 224 valence electrons. The van der Waals surface area contributed by atoms with E-state index in [1.807, 2.05) is 0 Å². The van der Waals surface area contributed by atoms with Crippen LogP contribution in [-0.4, -0.2) is 12.3 Å². The van der Waals surface area contributed by atoms with E-state index in [0.29, 0.717) is 11.8 Å². The molecule has 1 nitrogen and oxygen atoms in total. The third-order valence-corrected chi connectivity index (χ3v) is 8.23. The number of nitrogens with zero attached hydrogens (tertiary/aromatic N) is 1. The van der Waals surface area contributed by atoms with Gasteiger partial charge in [0.1, 0.15) is 0 Å². The molecule has 0 spiro atoms. The first-order valence-electron chi connectivity index (χ1n) is 16.5. The van der Waals surface area contributed by atoms with E-state index in [2.05, 4.69) is 115 Å². The van der Waals surface area contributed by atoms with Gasteiger partial charge in [-0.3, -0.25) is 4.99 Å². The van der Waals surface area contributed by atoms with Crippen molar-refractivity contribution < 1.29 is 0 Å². The Morgan fingerprint density at radius 1 is 0.850 bits per heavy atom. The number of hydrogen-bond donors (Lipinski definition) is 0. The highest BCUT2D eigenvalue weighted by Gasteiger charge is 2.20. The molecule has 0 aromatic heterocycles. The summed E-state index contributed by atoms with van der Waals surface area (Å²) in [7, 11) is 0. The molecule has 1 aromatic carbocycles. The first kappa shape index (κ1) is 35.9. The van der Waals surface area contributed by atoms with E-state index < -0.39 is 0 Å². The van der Waals surface area contributed by atoms with Crippen LogP contribution in [0.2, 0.25) is 0 Å². The summed E-state index contributed by atoms with van der Waals surface area (Å²) >= 11 is 0. The van der Waals surface area contributed by atoms with Gasteiger partial charge in [0.25, 0.3) is 0 Å². The standard InChI is InChI=1S/C21H36.C12H15N.C6H12/c1-6-8-10-12-18(4)20-13-15-21(16-14-20)19(5)17(3)11-9-7-2;1-10-5-3-2-4-6-12(10)13-9-11-7-8-11;1-4-5-6(2)3/h13-19H,6-12H2,1-5H3;3-6,11H,1-2,7-9H2;2,4-5H2,1,3H3. The van der Waals surface area contributed by atoms with Gasteiger partial charge in [0, 0.05) is 6.54 Å². The number of aliphatic imine (C=N–C) groups is 1. The quantitative estimate of drug-likeness (QED) is 0.163. The van der Waals surface area contributed by atoms with Crippen molar-refractivity contribution in [2.75, 3.05) is 6.54 Å². The van der Waals surface area contributed by atoms with Crippen LogP contribution in [0.5, 0.6) is 0 Å². The van der Waals surface area contributed by atoms with Crippen LogP contribution < -0.4 is 0 Å². The van der Waals surface area contributed by atoms with Crippen molar-refractivity contribution in [2.24, 2.45) is 16.8 Å². The van der Waals surface area contributed by atoms with Crippen LogP contribution in [-0.2, 0) is 0 Å². The summed E-state index contributed by atoms with van der Waals surface area (Å²) in [6.45, 7) is 24.7. The van der Waals surface area contributed by atoms with E-state index in [4.69, 9.17) is 0 Å². The van der Waals surface area contributed by atoms with Crippen LogP contribution in [0.15, 0.2) is 77.9 Å². The number of benzene rings is 1. The van der Waals surface area contributed by atoms with Crippen LogP contribution in [0.3, 0.4) is 0 Å². The molecule has 1 fully saturated rings. The van der Waals surface area contributed by atoms with Crippen LogP contribution in [0, 0.1) is 11.8 Å². The van der Waals surface area contributed by atoms with E-state index in [-0.39, 0.29) is 0 Å². The molecular weight excluding hydrogens is 482 g/mol. The fourth-order valence-corrected chi connectivity index (χ4v) is 4.87. The number of hydrogen-bond acceptors (Lipinski definition) is 1. The van der Waals surface area contributed by atoms with E-state index in [0.717, 1.165) is 36.1 Å². The van der Waals surface area contributed by atoms with Gasteiger partial charge in [-0.2, -0.15) is 0 Å². The van der Waals surface area contributed by atoms with Gasteiger partial charge < -0.3 is 0 Å². The fraction of sp³-hybridized carbons (Fsp3) is 0.615. The second-order valence-corrected chi connectivity index (χ2v) is 12.4. The van der Waals surface area contributed by atoms with E-state index in [9.17, 15) is 0 Å². The summed E-state index contributed by atoms with van der Waals surface area (Å²) in [6, 6.07) is 9.49. The SMILES string of the molecule is C=C(C)CCC.C=C1C=CCC=CC1=NCC1CC1.CCCCCC(C)c1ccc(C(C)C(C)CCCC)cc1. The lowest BCUT2D eigenvalue weighted by Crippen LogP contribution is -2.06. The maximum absolute atomic E-state index is 4.57. The summed E-state index contributed by atoms with van der Waals surface area (Å²) < 4.78 is 0. The lowest BCUT2D eigenvalue weighted by Gasteiger charge is -2.21. The van der Waals surface area contributed by atoms with Crippen molar-refractivity contribution in [3.63, 3.8) is 0 Å². The molecule has 0 heterocycles. The maximum atomic E-state index is 4.57. The van der Waals surface area contributed by atoms with Gasteiger partial charge in [0.05, 0.1) is 5.71 Å². The largest absolute Gasteiger partial charge is 0.284 e. The Labute approximate surface area is 250 Å². The van der Waals surface area contributed by atoms with Crippen LogP contribution in [0.1, 0.15) is 148 Å². The summed E-state index contributed by atoms with van der Waals surface area (Å²) in [5, 5.41) is 0. The molecule has 0 amide bonds. The zero-order valence-electron chi connectivity index (χ0n) is 27.5. The summed E-state index contributed by atoms with van der Waals surface area (Å²) in [4.78, 5) is 4.57. The van der Waals surface area contributed by atoms with E-state index in [1.54, 1.807) is 0 Å². The fourth-order valence-electron chi connectivity index (χ4n) is 4.87. The minimum absolute atomic E-state index is 0.681. The molecule has 3 rings (SSSR count). The van der Waals surface area contributed by atoms with Crippen molar-refractivity contribution in [1.29, 1.82) is 0 Å². The van der Waals surface area contributed by atoms with Gasteiger partial charge in [-0.25, -0.2) is 0 Å². The third kappa shape index (κ3) is 16.2. The highest BCUT2D eigenvalue weighted by atomic mass is 14.8. The number of rotatable bonds is 14. The zero-order chi connectivity index (χ0) is 29.8. The normalized spacial score (nSPS) is 17.7. The second-order valence-electron chi connectivity index (χ2n) is 12.4. The Kier molecular flexibility index (Phi) is 19.4. The van der Waals surface area contributed by atoms with Gasteiger partial charge in [0.15, 0.2) is 0 Å². The van der Waals surface area contributed by atoms with Gasteiger partial charge in [-0.05, 0) is 85.5 Å². The molecule has 0 saturated heterocycles. The van der Waals surface area contributed by atoms with Crippen molar-refractivity contribution in [3.8, 4) is 0 Å². The van der Waals surface area contributed by atoms with E-state index >= 15 is 0 Å². The summed E-state index contributed by atoms with van der Waals surface area (Å²) in [5.41, 5.74) is 6.44. The first-order chi connectivity index (χ1) is 19.2. The Morgan fingerprint density at radius 2 is 1.48 bits per heavy atom. The van der Waals surface area contributed by atoms with E-state index in [1.165, 1.54) is 87.3 Å². The Balaban J connectivity index is 0.000000354. The summed E-state index contributed by atoms with van der Waals surface area (Å²) in [6.07, 6.45) is 24.0. The molecule has 1 saturated carbocycles. The van der Waals surface area contributed by atoms with Crippen molar-refractivity contribution in [3.05, 3.63) is 84.0 Å². The average Bonchev–Trinajstić information content (AvgIpc) is 3.79. The maximum Gasteiger partial charge on any atom is 0.0637 e. The highest BCUT2D eigenvalue weighted by molar-refractivity contribution is 6.10. The zero-order valence-corrected chi connectivity index (χ0v) is 27.5. The molecule has 40 heavy (non-hydrogen) atoms. The van der Waals surface area contributed by atoms with Gasteiger partial charge >= 0.3 is 0 Å².